The molecule has 0 bridgehead atoms. The number of sulfonamides is 1. The number of carbonyl (C=O) groups is 1. The molecule has 1 aliphatic heterocycles. The van der Waals surface area contributed by atoms with Crippen molar-refractivity contribution in [2.24, 2.45) is 0 Å². The Morgan fingerprint density at radius 3 is 2.00 bits per heavy atom. The van der Waals surface area contributed by atoms with Crippen LogP contribution in [0.1, 0.15) is 32.8 Å². The Kier molecular flexibility index (Phi) is 9.54. The summed E-state index contributed by atoms with van der Waals surface area (Å²) >= 11 is 0. The van der Waals surface area contributed by atoms with Crippen LogP contribution in [0.25, 0.3) is 0 Å². The van der Waals surface area contributed by atoms with E-state index >= 15 is 0 Å². The third-order valence-electron chi connectivity index (χ3n) is 7.41. The normalized spacial score (nSPS) is 17.4. The largest absolute Gasteiger partial charge is 0.466 e. The van der Waals surface area contributed by atoms with Crippen LogP contribution in [0, 0.1) is 6.92 Å². The molecule has 41 heavy (non-hydrogen) atoms. The summed E-state index contributed by atoms with van der Waals surface area (Å²) < 4.78 is 45.6. The van der Waals surface area contributed by atoms with Gasteiger partial charge in [-0.25, -0.2) is 13.2 Å². The van der Waals surface area contributed by atoms with Gasteiger partial charge in [-0.1, -0.05) is 99.1 Å². The van der Waals surface area contributed by atoms with E-state index in [1.54, 1.807) is 24.3 Å². The standard InChI is InChI=1S/C32H39NO6SSi/c1-25-16-18-26(19-17-25)40(35,36)33(23-21-31(34)37-5)22-20-29-30(39-29)24-38-41(32(2,3)4,27-12-8-6-9-13-27)28-14-10-7-11-15-28/h6-19,21,23,29-30H,20,22,24H2,1-5H3/b23-21+/t29-,30-/m0/s1. The maximum absolute atomic E-state index is 13.4. The van der Waals surface area contributed by atoms with E-state index in [2.05, 4.69) is 74.0 Å². The molecule has 1 saturated heterocycles. The van der Waals surface area contributed by atoms with Gasteiger partial charge in [-0.05, 0) is 40.9 Å². The topological polar surface area (TPSA) is 85.4 Å². The number of carbonyl (C=O) groups excluding carboxylic acids is 1. The summed E-state index contributed by atoms with van der Waals surface area (Å²) in [7, 11) is -5.33. The van der Waals surface area contributed by atoms with E-state index in [9.17, 15) is 13.2 Å². The third kappa shape index (κ3) is 6.98. The smallest absolute Gasteiger partial charge is 0.331 e. The fourth-order valence-corrected chi connectivity index (χ4v) is 11.0. The highest BCUT2D eigenvalue weighted by atomic mass is 32.2. The zero-order valence-corrected chi connectivity index (χ0v) is 26.1. The van der Waals surface area contributed by atoms with Crippen LogP contribution in [0.5, 0.6) is 0 Å². The minimum atomic E-state index is -3.88. The second kappa shape index (κ2) is 12.7. The first kappa shape index (κ1) is 30.7. The number of rotatable bonds is 12. The highest BCUT2D eigenvalue weighted by molar-refractivity contribution is 7.89. The summed E-state index contributed by atoms with van der Waals surface area (Å²) in [4.78, 5) is 11.9. The van der Waals surface area contributed by atoms with Gasteiger partial charge in [0.15, 0.2) is 0 Å². The highest BCUT2D eigenvalue weighted by Crippen LogP contribution is 2.38. The highest BCUT2D eigenvalue weighted by Gasteiger charge is 2.52. The molecule has 0 aromatic heterocycles. The van der Waals surface area contributed by atoms with E-state index in [1.807, 2.05) is 19.1 Å². The average Bonchev–Trinajstić information content (AvgIpc) is 3.71. The first-order chi connectivity index (χ1) is 19.5. The molecule has 1 heterocycles. The lowest BCUT2D eigenvalue weighted by Crippen LogP contribution is -2.66. The molecule has 0 radical (unpaired) electrons. The van der Waals surface area contributed by atoms with Gasteiger partial charge in [0.25, 0.3) is 18.3 Å². The molecule has 0 N–H and O–H groups in total. The lowest BCUT2D eigenvalue weighted by molar-refractivity contribution is -0.134. The average molecular weight is 594 g/mol. The van der Waals surface area contributed by atoms with Gasteiger partial charge in [-0.3, -0.25) is 4.31 Å². The van der Waals surface area contributed by atoms with Crippen LogP contribution in [-0.2, 0) is 28.7 Å². The lowest BCUT2D eigenvalue weighted by atomic mass is 10.2. The monoisotopic (exact) mass is 593 g/mol. The molecule has 0 unspecified atom stereocenters. The summed E-state index contributed by atoms with van der Waals surface area (Å²) in [5, 5.41) is 2.23. The molecule has 4 rings (SSSR count). The minimum absolute atomic E-state index is 0.143. The van der Waals surface area contributed by atoms with Gasteiger partial charge in [0.2, 0.25) is 0 Å². The van der Waals surface area contributed by atoms with Crippen LogP contribution < -0.4 is 10.4 Å². The van der Waals surface area contributed by atoms with Gasteiger partial charge in [-0.15, -0.1) is 0 Å². The second-order valence-corrected chi connectivity index (χ2v) is 17.4. The zero-order chi connectivity index (χ0) is 29.7. The molecule has 3 aromatic rings. The number of nitrogens with zero attached hydrogens (tertiary/aromatic N) is 1. The van der Waals surface area contributed by atoms with E-state index in [-0.39, 0.29) is 28.7 Å². The van der Waals surface area contributed by atoms with Gasteiger partial charge in [0, 0.05) is 18.8 Å². The Bertz CT molecular complexity index is 1400. The van der Waals surface area contributed by atoms with E-state index in [1.165, 1.54) is 28.0 Å². The lowest BCUT2D eigenvalue weighted by Gasteiger charge is -2.43. The Labute approximate surface area is 244 Å². The van der Waals surface area contributed by atoms with Gasteiger partial charge in [0.1, 0.15) is 6.10 Å². The van der Waals surface area contributed by atoms with Crippen molar-refractivity contribution in [3.63, 3.8) is 0 Å². The number of esters is 1. The fourth-order valence-electron chi connectivity index (χ4n) is 5.14. The van der Waals surface area contributed by atoms with Gasteiger partial charge in [0.05, 0.1) is 24.7 Å². The van der Waals surface area contributed by atoms with E-state index in [0.29, 0.717) is 13.0 Å². The number of aryl methyl sites for hydroxylation is 1. The van der Waals surface area contributed by atoms with Gasteiger partial charge < -0.3 is 13.9 Å². The maximum Gasteiger partial charge on any atom is 0.331 e. The molecular formula is C32H39NO6SSi. The quantitative estimate of drug-likeness (QED) is 0.134. The molecule has 7 nitrogen and oxygen atoms in total. The maximum atomic E-state index is 13.4. The first-order valence-electron chi connectivity index (χ1n) is 13.7. The van der Waals surface area contributed by atoms with Crippen molar-refractivity contribution < 1.29 is 27.1 Å². The summed E-state index contributed by atoms with van der Waals surface area (Å²) in [5.74, 6) is -0.631. The molecule has 0 aliphatic carbocycles. The molecule has 1 fully saturated rings. The molecule has 3 aromatic carbocycles. The summed E-state index contributed by atoms with van der Waals surface area (Å²) in [5.41, 5.74) is 0.954. The summed E-state index contributed by atoms with van der Waals surface area (Å²) in [6.07, 6.45) is 2.52. The Morgan fingerprint density at radius 2 is 1.49 bits per heavy atom. The van der Waals surface area contributed by atoms with Crippen molar-refractivity contribution in [1.29, 1.82) is 0 Å². The summed E-state index contributed by atoms with van der Waals surface area (Å²) in [6, 6.07) is 27.5. The number of ether oxygens (including phenoxy) is 2. The van der Waals surface area contributed by atoms with Crippen LogP contribution in [0.4, 0.5) is 0 Å². The second-order valence-electron chi connectivity index (χ2n) is 11.2. The number of hydrogen-bond donors (Lipinski definition) is 0. The van der Waals surface area contributed by atoms with Crippen molar-refractivity contribution >= 4 is 34.7 Å². The van der Waals surface area contributed by atoms with Crippen molar-refractivity contribution in [1.82, 2.24) is 4.31 Å². The first-order valence-corrected chi connectivity index (χ1v) is 17.1. The molecule has 9 heteroatoms. The number of benzene rings is 3. The predicted molar refractivity (Wildman–Crippen MR) is 163 cm³/mol. The zero-order valence-electron chi connectivity index (χ0n) is 24.3. The van der Waals surface area contributed by atoms with Crippen molar-refractivity contribution in [3.8, 4) is 0 Å². The molecular weight excluding hydrogens is 555 g/mol. The Morgan fingerprint density at radius 1 is 0.927 bits per heavy atom. The Balaban J connectivity index is 1.50. The predicted octanol–water partition coefficient (Wildman–Crippen LogP) is 4.41. The minimum Gasteiger partial charge on any atom is -0.466 e. The van der Waals surface area contributed by atoms with Crippen molar-refractivity contribution in [2.45, 2.75) is 56.3 Å². The SMILES string of the molecule is COC(=O)/C=C/N(CC[C@@H]1O[C@H]1CO[Si](c1ccccc1)(c1ccccc1)C(C)(C)C)S(=O)(=O)c1ccc(C)cc1. The van der Waals surface area contributed by atoms with Gasteiger partial charge >= 0.3 is 5.97 Å². The van der Waals surface area contributed by atoms with Crippen LogP contribution in [0.2, 0.25) is 5.04 Å². The molecule has 2 atom stereocenters. The number of epoxide rings is 1. The van der Waals surface area contributed by atoms with Gasteiger partial charge in [-0.2, -0.15) is 0 Å². The summed E-state index contributed by atoms with van der Waals surface area (Å²) in [6.45, 7) is 9.12. The van der Waals surface area contributed by atoms with Crippen LogP contribution in [0.3, 0.4) is 0 Å². The molecule has 1 aliphatic rings. The van der Waals surface area contributed by atoms with E-state index < -0.39 is 24.3 Å². The number of hydrogen-bond acceptors (Lipinski definition) is 6. The fraction of sp³-hybridized carbons (Fsp3) is 0.344. The van der Waals surface area contributed by atoms with E-state index in [4.69, 9.17) is 9.16 Å². The van der Waals surface area contributed by atoms with Crippen molar-refractivity contribution in [3.05, 3.63) is 103 Å². The van der Waals surface area contributed by atoms with Crippen LogP contribution in [-0.4, -0.2) is 59.5 Å². The Hall–Kier alpha value is -3.24. The van der Waals surface area contributed by atoms with E-state index in [0.717, 1.165) is 11.6 Å². The van der Waals surface area contributed by atoms with Crippen LogP contribution in [0.15, 0.2) is 102 Å². The van der Waals surface area contributed by atoms with Crippen molar-refractivity contribution in [2.75, 3.05) is 20.3 Å². The molecule has 0 spiro atoms. The van der Waals surface area contributed by atoms with Crippen LogP contribution >= 0.6 is 0 Å². The molecule has 0 amide bonds. The molecule has 0 saturated carbocycles. The number of methoxy groups -OCH3 is 1. The third-order valence-corrected chi connectivity index (χ3v) is 14.2. The molecule has 218 valence electrons.